The van der Waals surface area contributed by atoms with Crippen molar-refractivity contribution in [2.24, 2.45) is 0 Å². The smallest absolute Gasteiger partial charge is 0.238 e. The predicted molar refractivity (Wildman–Crippen MR) is 128 cm³/mol. The van der Waals surface area contributed by atoms with Crippen LogP contribution in [-0.2, 0) is 11.4 Å². The molecule has 4 nitrogen and oxygen atoms in total. The molecule has 0 aliphatic carbocycles. The number of carbonyl (C=O) groups is 1. The van der Waals surface area contributed by atoms with Crippen molar-refractivity contribution in [1.29, 1.82) is 0 Å². The fourth-order valence-corrected chi connectivity index (χ4v) is 4.91. The summed E-state index contributed by atoms with van der Waals surface area (Å²) in [5.74, 6) is 1.79. The molecule has 1 aliphatic rings. The van der Waals surface area contributed by atoms with E-state index in [9.17, 15) is 4.79 Å². The molecule has 0 spiro atoms. The molecule has 1 heterocycles. The summed E-state index contributed by atoms with van der Waals surface area (Å²) in [7, 11) is 0. The highest BCUT2D eigenvalue weighted by Crippen LogP contribution is 2.44. The van der Waals surface area contributed by atoms with E-state index in [2.05, 4.69) is 0 Å². The Morgan fingerprint density at radius 2 is 1.77 bits per heavy atom. The number of anilines is 1. The minimum Gasteiger partial charge on any atom is -0.490 e. The SMILES string of the molecule is CCOc1cc([C@@H]2SCC(=O)N2c2ccc(Cl)cc2)ccc1OCc1cccc(Cl)c1. The molecule has 1 amide bonds. The molecule has 3 aromatic carbocycles. The number of amides is 1. The summed E-state index contributed by atoms with van der Waals surface area (Å²) in [5, 5.41) is 1.17. The van der Waals surface area contributed by atoms with Crippen molar-refractivity contribution in [2.45, 2.75) is 18.9 Å². The molecule has 0 unspecified atom stereocenters. The van der Waals surface area contributed by atoms with Crippen molar-refractivity contribution in [3.05, 3.63) is 87.9 Å². The van der Waals surface area contributed by atoms with Crippen LogP contribution in [0.1, 0.15) is 23.4 Å². The van der Waals surface area contributed by atoms with E-state index in [1.54, 1.807) is 28.8 Å². The van der Waals surface area contributed by atoms with Gasteiger partial charge in [0.2, 0.25) is 5.91 Å². The molecule has 7 heteroatoms. The van der Waals surface area contributed by atoms with E-state index in [-0.39, 0.29) is 11.3 Å². The Balaban J connectivity index is 1.58. The monoisotopic (exact) mass is 473 g/mol. The average Bonchev–Trinajstić information content (AvgIpc) is 3.15. The third-order valence-electron chi connectivity index (χ3n) is 4.81. The fourth-order valence-electron chi connectivity index (χ4n) is 3.41. The van der Waals surface area contributed by atoms with Crippen molar-refractivity contribution < 1.29 is 14.3 Å². The Labute approximate surface area is 196 Å². The van der Waals surface area contributed by atoms with Crippen LogP contribution in [-0.4, -0.2) is 18.3 Å². The summed E-state index contributed by atoms with van der Waals surface area (Å²) >= 11 is 13.7. The van der Waals surface area contributed by atoms with Gasteiger partial charge in [0, 0.05) is 15.7 Å². The van der Waals surface area contributed by atoms with Crippen molar-refractivity contribution in [3.63, 3.8) is 0 Å². The Bertz CT molecular complexity index is 1070. The normalized spacial score (nSPS) is 15.9. The standard InChI is InChI=1S/C24H21Cl2NO3S/c1-2-29-22-13-17(6-11-21(22)30-14-16-4-3-5-19(26)12-16)24-27(23(28)15-31-24)20-9-7-18(25)8-10-20/h3-13,24H,2,14-15H2,1H3/t24-/m0/s1. The third kappa shape index (κ3) is 5.12. The Kier molecular flexibility index (Phi) is 6.96. The van der Waals surface area contributed by atoms with E-state index in [1.165, 1.54) is 0 Å². The molecule has 4 rings (SSSR count). The van der Waals surface area contributed by atoms with Crippen LogP contribution < -0.4 is 14.4 Å². The summed E-state index contributed by atoms with van der Waals surface area (Å²) in [5.41, 5.74) is 2.78. The van der Waals surface area contributed by atoms with Crippen LogP contribution in [0.4, 0.5) is 5.69 Å². The lowest BCUT2D eigenvalue weighted by Gasteiger charge is -2.25. The van der Waals surface area contributed by atoms with Gasteiger partial charge in [0.25, 0.3) is 0 Å². The molecular formula is C24H21Cl2NO3S. The van der Waals surface area contributed by atoms with Crippen molar-refractivity contribution in [1.82, 2.24) is 0 Å². The number of rotatable bonds is 7. The lowest BCUT2D eigenvalue weighted by Crippen LogP contribution is -2.27. The Morgan fingerprint density at radius 1 is 0.968 bits per heavy atom. The summed E-state index contributed by atoms with van der Waals surface area (Å²) < 4.78 is 11.9. The third-order valence-corrected chi connectivity index (χ3v) is 6.51. The number of hydrogen-bond acceptors (Lipinski definition) is 4. The second-order valence-electron chi connectivity index (χ2n) is 6.96. The maximum absolute atomic E-state index is 12.6. The summed E-state index contributed by atoms with van der Waals surface area (Å²) in [4.78, 5) is 14.4. The molecule has 31 heavy (non-hydrogen) atoms. The second kappa shape index (κ2) is 9.86. The van der Waals surface area contributed by atoms with Crippen molar-refractivity contribution in [3.8, 4) is 11.5 Å². The summed E-state index contributed by atoms with van der Waals surface area (Å²) in [6.07, 6.45) is 0. The Morgan fingerprint density at radius 3 is 2.52 bits per heavy atom. The van der Waals surface area contributed by atoms with Gasteiger partial charge >= 0.3 is 0 Å². The van der Waals surface area contributed by atoms with E-state index >= 15 is 0 Å². The number of ether oxygens (including phenoxy) is 2. The molecule has 0 N–H and O–H groups in total. The van der Waals surface area contributed by atoms with E-state index in [4.69, 9.17) is 32.7 Å². The van der Waals surface area contributed by atoms with Gasteiger partial charge in [0.15, 0.2) is 11.5 Å². The number of halogens is 2. The van der Waals surface area contributed by atoms with Crippen LogP contribution in [0.5, 0.6) is 11.5 Å². The summed E-state index contributed by atoms with van der Waals surface area (Å²) in [6, 6.07) is 20.7. The topological polar surface area (TPSA) is 38.8 Å². The highest BCUT2D eigenvalue weighted by atomic mass is 35.5. The molecule has 1 aliphatic heterocycles. The molecule has 3 aromatic rings. The van der Waals surface area contributed by atoms with E-state index in [0.717, 1.165) is 16.8 Å². The molecule has 0 bridgehead atoms. The van der Waals surface area contributed by atoms with Gasteiger partial charge in [-0.3, -0.25) is 9.69 Å². The molecule has 1 saturated heterocycles. The zero-order valence-corrected chi connectivity index (χ0v) is 19.2. The maximum atomic E-state index is 12.6. The molecule has 160 valence electrons. The van der Waals surface area contributed by atoms with E-state index in [1.807, 2.05) is 61.5 Å². The molecule has 0 radical (unpaired) electrons. The van der Waals surface area contributed by atoms with Gasteiger partial charge in [-0.25, -0.2) is 0 Å². The van der Waals surface area contributed by atoms with Gasteiger partial charge in [0.05, 0.1) is 12.4 Å². The maximum Gasteiger partial charge on any atom is 0.238 e. The molecule has 1 fully saturated rings. The Hall–Kier alpha value is -2.34. The first-order chi connectivity index (χ1) is 15.0. The zero-order valence-electron chi connectivity index (χ0n) is 16.9. The van der Waals surface area contributed by atoms with E-state index in [0.29, 0.717) is 40.5 Å². The fraction of sp³-hybridized carbons (Fsp3) is 0.208. The first kappa shape index (κ1) is 21.9. The van der Waals surface area contributed by atoms with Crippen molar-refractivity contribution >= 4 is 46.6 Å². The zero-order chi connectivity index (χ0) is 21.8. The van der Waals surface area contributed by atoms with Crippen molar-refractivity contribution in [2.75, 3.05) is 17.3 Å². The largest absolute Gasteiger partial charge is 0.490 e. The number of benzene rings is 3. The molecular weight excluding hydrogens is 453 g/mol. The minimum atomic E-state index is -0.144. The van der Waals surface area contributed by atoms with Gasteiger partial charge < -0.3 is 9.47 Å². The lowest BCUT2D eigenvalue weighted by atomic mass is 10.1. The van der Waals surface area contributed by atoms with Crippen LogP contribution >= 0.6 is 35.0 Å². The minimum absolute atomic E-state index is 0.0663. The second-order valence-corrected chi connectivity index (χ2v) is 8.90. The van der Waals surface area contributed by atoms with Gasteiger partial charge in [-0.1, -0.05) is 41.4 Å². The summed E-state index contributed by atoms with van der Waals surface area (Å²) in [6.45, 7) is 2.82. The van der Waals surface area contributed by atoms with Crippen LogP contribution in [0.2, 0.25) is 10.0 Å². The number of thioether (sulfide) groups is 1. The van der Waals surface area contributed by atoms with Crippen LogP contribution in [0.3, 0.4) is 0 Å². The van der Waals surface area contributed by atoms with Crippen LogP contribution in [0, 0.1) is 0 Å². The first-order valence-corrected chi connectivity index (χ1v) is 11.7. The lowest BCUT2D eigenvalue weighted by molar-refractivity contribution is -0.115. The highest BCUT2D eigenvalue weighted by Gasteiger charge is 2.34. The average molecular weight is 474 g/mol. The van der Waals surface area contributed by atoms with E-state index < -0.39 is 0 Å². The number of carbonyl (C=O) groups excluding carboxylic acids is 1. The first-order valence-electron chi connectivity index (χ1n) is 9.88. The van der Waals surface area contributed by atoms with Gasteiger partial charge in [-0.15, -0.1) is 11.8 Å². The predicted octanol–water partition coefficient (Wildman–Crippen LogP) is 6.75. The quantitative estimate of drug-likeness (QED) is 0.380. The molecule has 1 atom stereocenters. The van der Waals surface area contributed by atoms with Crippen LogP contribution in [0.15, 0.2) is 66.7 Å². The van der Waals surface area contributed by atoms with Gasteiger partial charge in [0.1, 0.15) is 12.0 Å². The number of hydrogen-bond donors (Lipinski definition) is 0. The van der Waals surface area contributed by atoms with Crippen LogP contribution in [0.25, 0.3) is 0 Å². The highest BCUT2D eigenvalue weighted by molar-refractivity contribution is 8.00. The molecule has 0 saturated carbocycles. The molecule has 0 aromatic heterocycles. The van der Waals surface area contributed by atoms with Gasteiger partial charge in [-0.2, -0.15) is 0 Å². The van der Waals surface area contributed by atoms with Gasteiger partial charge in [-0.05, 0) is 66.6 Å². The number of nitrogens with zero attached hydrogens (tertiary/aromatic N) is 1.